The minimum Gasteiger partial charge on any atom is -0.377 e. The van der Waals surface area contributed by atoms with Crippen LogP contribution in [0.5, 0.6) is 0 Å². The van der Waals surface area contributed by atoms with Gasteiger partial charge in [0.25, 0.3) is 0 Å². The van der Waals surface area contributed by atoms with E-state index in [0.717, 1.165) is 17.5 Å². The van der Waals surface area contributed by atoms with E-state index in [4.69, 9.17) is 4.74 Å². The molecule has 1 unspecified atom stereocenters. The number of hydrogen-bond acceptors (Lipinski definition) is 1. The molecule has 0 heterocycles. The summed E-state index contributed by atoms with van der Waals surface area (Å²) in [4.78, 5) is 0. The first-order chi connectivity index (χ1) is 11.0. The fourth-order valence-corrected chi connectivity index (χ4v) is 2.46. The molecule has 2 aromatic rings. The van der Waals surface area contributed by atoms with Crippen molar-refractivity contribution in [2.24, 2.45) is 0 Å². The predicted octanol–water partition coefficient (Wildman–Crippen LogP) is 5.80. The molecule has 0 aliphatic carbocycles. The monoisotopic (exact) mass is 318 g/mol. The molecule has 0 fully saturated rings. The highest BCUT2D eigenvalue weighted by atomic mass is 19.1. The maximum Gasteiger partial charge on any atom is 0.128 e. The van der Waals surface area contributed by atoms with Gasteiger partial charge in [-0.3, -0.25) is 0 Å². The first kappa shape index (κ1) is 17.6. The van der Waals surface area contributed by atoms with Crippen LogP contribution in [-0.2, 0) is 11.3 Å². The van der Waals surface area contributed by atoms with Gasteiger partial charge in [0.05, 0.1) is 6.61 Å². The number of ether oxygens (including phenoxy) is 1. The number of halogens is 2. The Bertz CT molecular complexity index is 620. The van der Waals surface area contributed by atoms with Gasteiger partial charge in [0.1, 0.15) is 11.6 Å². The molecular formula is C20H24F2O. The third-order valence-corrected chi connectivity index (χ3v) is 4.13. The molecule has 124 valence electrons. The van der Waals surface area contributed by atoms with Gasteiger partial charge < -0.3 is 4.74 Å². The third-order valence-electron chi connectivity index (χ3n) is 4.13. The van der Waals surface area contributed by atoms with Gasteiger partial charge >= 0.3 is 0 Å². The van der Waals surface area contributed by atoms with E-state index >= 15 is 0 Å². The smallest absolute Gasteiger partial charge is 0.128 e. The fourth-order valence-electron chi connectivity index (χ4n) is 2.46. The molecule has 2 rings (SSSR count). The third kappa shape index (κ3) is 5.14. The topological polar surface area (TPSA) is 9.23 Å². The summed E-state index contributed by atoms with van der Waals surface area (Å²) in [6, 6.07) is 11.7. The molecule has 0 saturated carbocycles. The van der Waals surface area contributed by atoms with Gasteiger partial charge in [-0.2, -0.15) is 0 Å². The lowest BCUT2D eigenvalue weighted by molar-refractivity contribution is 0.112. The molecule has 0 spiro atoms. The summed E-state index contributed by atoms with van der Waals surface area (Å²) in [5.41, 5.74) is 2.80. The quantitative estimate of drug-likeness (QED) is 0.586. The molecule has 0 aromatic heterocycles. The van der Waals surface area contributed by atoms with Crippen molar-refractivity contribution in [2.75, 3.05) is 6.61 Å². The lowest BCUT2D eigenvalue weighted by Gasteiger charge is -2.13. The minimum atomic E-state index is -0.224. The van der Waals surface area contributed by atoms with Crippen molar-refractivity contribution >= 4 is 0 Å². The van der Waals surface area contributed by atoms with E-state index in [-0.39, 0.29) is 24.2 Å². The lowest BCUT2D eigenvalue weighted by atomic mass is 9.98. The second-order valence-electron chi connectivity index (χ2n) is 6.30. The van der Waals surface area contributed by atoms with Gasteiger partial charge in [0.2, 0.25) is 0 Å². The summed E-state index contributed by atoms with van der Waals surface area (Å²) in [5.74, 6) is 0.203. The molecule has 2 aromatic carbocycles. The van der Waals surface area contributed by atoms with E-state index in [2.05, 4.69) is 20.8 Å². The second-order valence-corrected chi connectivity index (χ2v) is 6.30. The summed E-state index contributed by atoms with van der Waals surface area (Å²) in [5, 5.41) is 0. The summed E-state index contributed by atoms with van der Waals surface area (Å²) in [7, 11) is 0. The molecule has 0 amide bonds. The van der Waals surface area contributed by atoms with Gasteiger partial charge in [-0.05, 0) is 47.6 Å². The van der Waals surface area contributed by atoms with Crippen LogP contribution >= 0.6 is 0 Å². The SMILES string of the molecule is CC(C)c1ccc(F)c(COCCC(C)c2ccc(F)cc2)c1. The molecule has 0 N–H and O–H groups in total. The van der Waals surface area contributed by atoms with Crippen LogP contribution in [0.2, 0.25) is 0 Å². The van der Waals surface area contributed by atoms with Crippen molar-refractivity contribution in [1.82, 2.24) is 0 Å². The van der Waals surface area contributed by atoms with E-state index < -0.39 is 0 Å². The van der Waals surface area contributed by atoms with Crippen LogP contribution < -0.4 is 0 Å². The van der Waals surface area contributed by atoms with Crippen LogP contribution in [-0.4, -0.2) is 6.61 Å². The Hall–Kier alpha value is -1.74. The van der Waals surface area contributed by atoms with Crippen molar-refractivity contribution in [2.45, 2.75) is 45.6 Å². The average molecular weight is 318 g/mol. The zero-order valence-electron chi connectivity index (χ0n) is 14.0. The molecular weight excluding hydrogens is 294 g/mol. The van der Waals surface area contributed by atoms with Crippen LogP contribution in [0.4, 0.5) is 8.78 Å². The Labute approximate surface area is 137 Å². The van der Waals surface area contributed by atoms with Crippen LogP contribution in [0.3, 0.4) is 0 Å². The average Bonchev–Trinajstić information content (AvgIpc) is 2.53. The fraction of sp³-hybridized carbons (Fsp3) is 0.400. The Morgan fingerprint density at radius 2 is 1.57 bits per heavy atom. The van der Waals surface area contributed by atoms with E-state index in [9.17, 15) is 8.78 Å². The number of rotatable bonds is 7. The number of hydrogen-bond donors (Lipinski definition) is 0. The van der Waals surface area contributed by atoms with Crippen LogP contribution in [0.15, 0.2) is 42.5 Å². The summed E-state index contributed by atoms with van der Waals surface area (Å²) in [6.45, 7) is 7.08. The van der Waals surface area contributed by atoms with Crippen LogP contribution in [0.1, 0.15) is 55.7 Å². The van der Waals surface area contributed by atoms with Gasteiger partial charge in [0.15, 0.2) is 0 Å². The van der Waals surface area contributed by atoms with Gasteiger partial charge in [-0.15, -0.1) is 0 Å². The number of benzene rings is 2. The molecule has 0 bridgehead atoms. The van der Waals surface area contributed by atoms with Gasteiger partial charge in [0, 0.05) is 12.2 Å². The highest BCUT2D eigenvalue weighted by Gasteiger charge is 2.08. The predicted molar refractivity (Wildman–Crippen MR) is 89.6 cm³/mol. The Morgan fingerprint density at radius 3 is 2.22 bits per heavy atom. The molecule has 0 saturated heterocycles. The normalized spacial score (nSPS) is 12.6. The molecule has 23 heavy (non-hydrogen) atoms. The zero-order chi connectivity index (χ0) is 16.8. The summed E-state index contributed by atoms with van der Waals surface area (Å²) in [6.07, 6.45) is 0.817. The Morgan fingerprint density at radius 1 is 0.913 bits per heavy atom. The van der Waals surface area contributed by atoms with E-state index in [1.165, 1.54) is 18.2 Å². The first-order valence-corrected chi connectivity index (χ1v) is 8.09. The van der Waals surface area contributed by atoms with Crippen molar-refractivity contribution in [3.8, 4) is 0 Å². The standard InChI is InChI=1S/C20H24F2O/c1-14(2)17-6-9-20(22)18(12-17)13-23-11-10-15(3)16-4-7-19(21)8-5-16/h4-9,12,14-15H,10-11,13H2,1-3H3. The van der Waals surface area contributed by atoms with E-state index in [1.807, 2.05) is 12.1 Å². The van der Waals surface area contributed by atoms with Crippen molar-refractivity contribution in [1.29, 1.82) is 0 Å². The molecule has 3 heteroatoms. The maximum absolute atomic E-state index is 13.8. The van der Waals surface area contributed by atoms with E-state index in [1.54, 1.807) is 12.1 Å². The zero-order valence-corrected chi connectivity index (χ0v) is 14.0. The van der Waals surface area contributed by atoms with Crippen molar-refractivity contribution in [3.05, 3.63) is 70.8 Å². The van der Waals surface area contributed by atoms with E-state index in [0.29, 0.717) is 18.1 Å². The van der Waals surface area contributed by atoms with Crippen LogP contribution in [0, 0.1) is 11.6 Å². The highest BCUT2D eigenvalue weighted by Crippen LogP contribution is 2.21. The largest absolute Gasteiger partial charge is 0.377 e. The molecule has 0 aliphatic heterocycles. The van der Waals surface area contributed by atoms with Crippen LogP contribution in [0.25, 0.3) is 0 Å². The lowest BCUT2D eigenvalue weighted by Crippen LogP contribution is -2.03. The Balaban J connectivity index is 1.83. The molecule has 0 aliphatic rings. The first-order valence-electron chi connectivity index (χ1n) is 8.09. The maximum atomic E-state index is 13.8. The summed E-state index contributed by atoms with van der Waals surface area (Å²) < 4.78 is 32.4. The van der Waals surface area contributed by atoms with Gasteiger partial charge in [-0.25, -0.2) is 8.78 Å². The molecule has 1 atom stereocenters. The van der Waals surface area contributed by atoms with Crippen molar-refractivity contribution < 1.29 is 13.5 Å². The summed E-state index contributed by atoms with van der Waals surface area (Å²) >= 11 is 0. The van der Waals surface area contributed by atoms with Gasteiger partial charge in [-0.1, -0.05) is 45.0 Å². The highest BCUT2D eigenvalue weighted by molar-refractivity contribution is 5.26. The van der Waals surface area contributed by atoms with Crippen molar-refractivity contribution in [3.63, 3.8) is 0 Å². The second kappa shape index (κ2) is 8.21. The molecule has 0 radical (unpaired) electrons. The molecule has 1 nitrogen and oxygen atoms in total. The minimum absolute atomic E-state index is 0.221. The Kier molecular flexibility index (Phi) is 6.28.